The second-order valence-electron chi connectivity index (χ2n) is 3.94. The van der Waals surface area contributed by atoms with Crippen molar-refractivity contribution in [2.24, 2.45) is 0 Å². The zero-order chi connectivity index (χ0) is 10.9. The maximum atomic E-state index is 13.4. The maximum absolute atomic E-state index is 13.4. The van der Waals surface area contributed by atoms with Crippen LogP contribution in [0.4, 0.5) is 4.39 Å². The van der Waals surface area contributed by atoms with Crippen molar-refractivity contribution in [2.45, 2.75) is 24.9 Å². The van der Waals surface area contributed by atoms with Gasteiger partial charge in [-0.1, -0.05) is 12.1 Å². The minimum absolute atomic E-state index is 0.178. The van der Waals surface area contributed by atoms with Gasteiger partial charge in [-0.15, -0.1) is 0 Å². The lowest BCUT2D eigenvalue weighted by atomic mass is 9.81. The molecule has 0 N–H and O–H groups in total. The molecule has 0 aromatic heterocycles. The summed E-state index contributed by atoms with van der Waals surface area (Å²) in [6.45, 7) is 0. The van der Waals surface area contributed by atoms with Crippen molar-refractivity contribution in [1.29, 1.82) is 0 Å². The third-order valence-corrected chi connectivity index (χ3v) is 3.13. The van der Waals surface area contributed by atoms with Crippen LogP contribution in [0, 0.1) is 5.82 Å². The van der Waals surface area contributed by atoms with E-state index >= 15 is 0 Å². The van der Waals surface area contributed by atoms with Crippen LogP contribution >= 0.6 is 0 Å². The molecule has 0 spiro atoms. The van der Waals surface area contributed by atoms with Crippen molar-refractivity contribution in [3.05, 3.63) is 35.1 Å². The van der Waals surface area contributed by atoms with Gasteiger partial charge in [0, 0.05) is 13.5 Å². The lowest BCUT2D eigenvalue weighted by Crippen LogP contribution is -2.39. The van der Waals surface area contributed by atoms with Crippen LogP contribution in [0.2, 0.25) is 0 Å². The van der Waals surface area contributed by atoms with Crippen LogP contribution in [0.3, 0.4) is 0 Å². The molecule has 0 heterocycles. The van der Waals surface area contributed by atoms with Crippen molar-refractivity contribution in [2.75, 3.05) is 7.11 Å². The molecule has 0 bridgehead atoms. The minimum atomic E-state index is -0.749. The van der Waals surface area contributed by atoms with Crippen LogP contribution in [-0.2, 0) is 22.4 Å². The molecule has 15 heavy (non-hydrogen) atoms. The lowest BCUT2D eigenvalue weighted by molar-refractivity contribution is -0.128. The number of methoxy groups -OCH3 is 1. The fraction of sp³-hybridized carbons (Fsp3) is 0.417. The zero-order valence-corrected chi connectivity index (χ0v) is 8.63. The second kappa shape index (κ2) is 3.74. The van der Waals surface area contributed by atoms with Gasteiger partial charge in [-0.3, -0.25) is 0 Å². The Balaban J connectivity index is 2.38. The standard InChI is InChI=1S/C12H13FO2/c1-15-12(8-14)6-5-10-9(7-12)3-2-4-11(10)13/h2-4,8H,5-7H2,1H3. The number of benzene rings is 1. The van der Waals surface area contributed by atoms with E-state index in [1.54, 1.807) is 6.07 Å². The van der Waals surface area contributed by atoms with Crippen LogP contribution in [-0.4, -0.2) is 19.0 Å². The molecule has 0 fully saturated rings. The summed E-state index contributed by atoms with van der Waals surface area (Å²) < 4.78 is 18.6. The topological polar surface area (TPSA) is 26.3 Å². The van der Waals surface area contributed by atoms with Gasteiger partial charge < -0.3 is 9.53 Å². The first-order valence-corrected chi connectivity index (χ1v) is 4.98. The van der Waals surface area contributed by atoms with Crippen LogP contribution in [0.25, 0.3) is 0 Å². The van der Waals surface area contributed by atoms with Crippen molar-refractivity contribution in [3.63, 3.8) is 0 Å². The van der Waals surface area contributed by atoms with E-state index in [1.165, 1.54) is 13.2 Å². The normalized spacial score (nSPS) is 24.7. The van der Waals surface area contributed by atoms with Gasteiger partial charge in [0.1, 0.15) is 11.4 Å². The van der Waals surface area contributed by atoms with Crippen molar-refractivity contribution >= 4 is 6.29 Å². The molecule has 80 valence electrons. The number of carbonyl (C=O) groups is 1. The molecule has 0 aliphatic heterocycles. The summed E-state index contributed by atoms with van der Waals surface area (Å²) in [7, 11) is 1.53. The van der Waals surface area contributed by atoms with Gasteiger partial charge in [-0.2, -0.15) is 0 Å². The number of carbonyl (C=O) groups excluding carboxylic acids is 1. The summed E-state index contributed by atoms with van der Waals surface area (Å²) in [5.74, 6) is -0.178. The number of hydrogen-bond acceptors (Lipinski definition) is 2. The Morgan fingerprint density at radius 3 is 3.00 bits per heavy atom. The second-order valence-corrected chi connectivity index (χ2v) is 3.94. The first-order chi connectivity index (χ1) is 7.21. The van der Waals surface area contributed by atoms with Crippen molar-refractivity contribution in [3.8, 4) is 0 Å². The summed E-state index contributed by atoms with van der Waals surface area (Å²) in [4.78, 5) is 11.0. The van der Waals surface area contributed by atoms with Gasteiger partial charge in [0.2, 0.25) is 0 Å². The Kier molecular flexibility index (Phi) is 2.57. The molecule has 0 amide bonds. The number of fused-ring (bicyclic) bond motifs is 1. The summed E-state index contributed by atoms with van der Waals surface area (Å²) in [5.41, 5.74) is 0.864. The van der Waals surface area contributed by atoms with Crippen LogP contribution in [0.15, 0.2) is 18.2 Å². The Bertz CT molecular complexity index is 389. The Hall–Kier alpha value is -1.22. The van der Waals surface area contributed by atoms with E-state index in [9.17, 15) is 9.18 Å². The molecule has 1 aliphatic rings. The Morgan fingerprint density at radius 2 is 2.33 bits per heavy atom. The van der Waals surface area contributed by atoms with E-state index in [0.717, 1.165) is 17.4 Å². The van der Waals surface area contributed by atoms with Gasteiger partial charge >= 0.3 is 0 Å². The van der Waals surface area contributed by atoms with Crippen LogP contribution in [0.5, 0.6) is 0 Å². The zero-order valence-electron chi connectivity index (χ0n) is 8.63. The number of ether oxygens (including phenoxy) is 1. The molecule has 3 heteroatoms. The van der Waals surface area contributed by atoms with Crippen molar-refractivity contribution < 1.29 is 13.9 Å². The average Bonchev–Trinajstić information content (AvgIpc) is 2.29. The predicted octanol–water partition coefficient (Wildman–Crippen LogP) is 1.90. The largest absolute Gasteiger partial charge is 0.370 e. The summed E-state index contributed by atoms with van der Waals surface area (Å²) in [5, 5.41) is 0. The molecular weight excluding hydrogens is 195 g/mol. The highest BCUT2D eigenvalue weighted by Crippen LogP contribution is 2.31. The van der Waals surface area contributed by atoms with Crippen LogP contribution < -0.4 is 0 Å². The monoisotopic (exact) mass is 208 g/mol. The first-order valence-electron chi connectivity index (χ1n) is 4.98. The van der Waals surface area contributed by atoms with Gasteiger partial charge in [-0.25, -0.2) is 4.39 Å². The summed E-state index contributed by atoms with van der Waals surface area (Å²) in [6.07, 6.45) is 2.43. The molecule has 2 nitrogen and oxygen atoms in total. The smallest absolute Gasteiger partial charge is 0.152 e. The predicted molar refractivity (Wildman–Crippen MR) is 54.2 cm³/mol. The van der Waals surface area contributed by atoms with E-state index < -0.39 is 5.60 Å². The minimum Gasteiger partial charge on any atom is -0.370 e. The molecule has 1 aromatic carbocycles. The molecule has 1 aromatic rings. The fourth-order valence-electron chi connectivity index (χ4n) is 2.12. The van der Waals surface area contributed by atoms with E-state index in [4.69, 9.17) is 4.74 Å². The molecule has 2 rings (SSSR count). The quantitative estimate of drug-likeness (QED) is 0.694. The molecule has 0 saturated carbocycles. The van der Waals surface area contributed by atoms with Gasteiger partial charge in [-0.05, 0) is 30.0 Å². The number of halogens is 1. The molecule has 0 saturated heterocycles. The molecule has 1 atom stereocenters. The highest BCUT2D eigenvalue weighted by Gasteiger charge is 2.34. The maximum Gasteiger partial charge on any atom is 0.152 e. The molecule has 0 radical (unpaired) electrons. The van der Waals surface area contributed by atoms with Gasteiger partial charge in [0.05, 0.1) is 0 Å². The first kappa shape index (κ1) is 10.3. The molecule has 1 unspecified atom stereocenters. The summed E-state index contributed by atoms with van der Waals surface area (Å²) in [6, 6.07) is 4.99. The lowest BCUT2D eigenvalue weighted by Gasteiger charge is -2.32. The van der Waals surface area contributed by atoms with Gasteiger partial charge in [0.15, 0.2) is 6.29 Å². The summed E-state index contributed by atoms with van der Waals surface area (Å²) >= 11 is 0. The fourth-order valence-corrected chi connectivity index (χ4v) is 2.12. The van der Waals surface area contributed by atoms with Gasteiger partial charge in [0.25, 0.3) is 0 Å². The average molecular weight is 208 g/mol. The Morgan fingerprint density at radius 1 is 1.53 bits per heavy atom. The van der Waals surface area contributed by atoms with E-state index in [1.807, 2.05) is 6.07 Å². The number of hydrogen-bond donors (Lipinski definition) is 0. The third kappa shape index (κ3) is 1.67. The number of rotatable bonds is 2. The van der Waals surface area contributed by atoms with E-state index in [2.05, 4.69) is 0 Å². The van der Waals surface area contributed by atoms with Crippen molar-refractivity contribution in [1.82, 2.24) is 0 Å². The highest BCUT2D eigenvalue weighted by molar-refractivity contribution is 5.64. The SMILES string of the molecule is COC1(C=O)CCc2c(F)cccc2C1. The van der Waals surface area contributed by atoms with E-state index in [-0.39, 0.29) is 5.82 Å². The van der Waals surface area contributed by atoms with E-state index in [0.29, 0.717) is 19.3 Å². The molecular formula is C12H13FO2. The Labute approximate surface area is 88.1 Å². The highest BCUT2D eigenvalue weighted by atomic mass is 19.1. The number of aldehydes is 1. The van der Waals surface area contributed by atoms with Crippen LogP contribution in [0.1, 0.15) is 17.5 Å². The molecule has 1 aliphatic carbocycles. The third-order valence-electron chi connectivity index (χ3n) is 3.13.